The first-order valence-electron chi connectivity index (χ1n) is 10.6. The van der Waals surface area contributed by atoms with Crippen LogP contribution in [0.5, 0.6) is 0 Å². The Morgan fingerprint density at radius 3 is 2.68 bits per heavy atom. The van der Waals surface area contributed by atoms with Crippen LogP contribution in [0.3, 0.4) is 0 Å². The second-order valence-electron chi connectivity index (χ2n) is 8.29. The van der Waals surface area contributed by atoms with Crippen LogP contribution in [0.1, 0.15) is 41.6 Å². The third-order valence-electron chi connectivity index (χ3n) is 6.86. The number of hydrogen-bond donors (Lipinski definition) is 1. The van der Waals surface area contributed by atoms with E-state index in [4.69, 9.17) is 4.98 Å². The average molecular weight is 377 g/mol. The summed E-state index contributed by atoms with van der Waals surface area (Å²) in [6.07, 6.45) is 4.33. The number of anilines is 1. The number of aromatic nitrogens is 1. The number of pyridine rings is 1. The molecule has 4 saturated heterocycles. The zero-order valence-corrected chi connectivity index (χ0v) is 16.4. The molecule has 4 fully saturated rings. The van der Waals surface area contributed by atoms with Crippen molar-refractivity contribution in [2.45, 2.75) is 37.8 Å². The van der Waals surface area contributed by atoms with Crippen LogP contribution in [0.15, 0.2) is 48.7 Å². The molecule has 3 atom stereocenters. The predicted molar refractivity (Wildman–Crippen MR) is 111 cm³/mol. The lowest BCUT2D eigenvalue weighted by Gasteiger charge is -2.51. The molecule has 1 N–H and O–H groups in total. The highest BCUT2D eigenvalue weighted by Gasteiger charge is 2.53. The highest BCUT2D eigenvalue weighted by Crippen LogP contribution is 2.47. The minimum absolute atomic E-state index is 0.0181. The lowest BCUT2D eigenvalue weighted by Crippen LogP contribution is -2.60. The second-order valence-corrected chi connectivity index (χ2v) is 8.29. The number of piperidine rings is 3. The summed E-state index contributed by atoms with van der Waals surface area (Å²) in [4.78, 5) is 22.2. The molecule has 1 aromatic carbocycles. The van der Waals surface area contributed by atoms with E-state index < -0.39 is 0 Å². The van der Waals surface area contributed by atoms with Gasteiger partial charge < -0.3 is 10.2 Å². The van der Waals surface area contributed by atoms with Crippen molar-refractivity contribution in [2.24, 2.45) is 5.92 Å². The van der Waals surface area contributed by atoms with Crippen molar-refractivity contribution in [2.75, 3.05) is 31.1 Å². The molecule has 5 heterocycles. The first-order valence-corrected chi connectivity index (χ1v) is 10.6. The van der Waals surface area contributed by atoms with Crippen molar-refractivity contribution in [3.63, 3.8) is 0 Å². The van der Waals surface area contributed by atoms with Gasteiger partial charge in [0.05, 0.1) is 0 Å². The van der Waals surface area contributed by atoms with E-state index in [1.165, 1.54) is 31.5 Å². The molecular weight excluding hydrogens is 348 g/mol. The highest BCUT2D eigenvalue weighted by molar-refractivity contribution is 5.94. The number of benzene rings is 1. The summed E-state index contributed by atoms with van der Waals surface area (Å²) in [5, 5.41) is 2.90. The van der Waals surface area contributed by atoms with Gasteiger partial charge in [-0.3, -0.25) is 9.69 Å². The summed E-state index contributed by atoms with van der Waals surface area (Å²) in [5.74, 6) is 2.14. The number of amides is 1. The third-order valence-corrected chi connectivity index (χ3v) is 6.86. The Balaban J connectivity index is 1.51. The van der Waals surface area contributed by atoms with E-state index in [0.717, 1.165) is 18.3 Å². The standard InChI is InChI=1S/C23H28N4O/c1-2-24-23(28)18-8-11-25-20(14-18)27-15-19(16-6-4-3-5-7-16)22-21(27)17-9-12-26(22)13-10-17/h3-8,11,14,17,19,21-22H,2,9-10,12-13,15H2,1H3,(H,24,28)/t19-,21+,22+/m0/s1. The largest absolute Gasteiger partial charge is 0.352 e. The zero-order valence-electron chi connectivity index (χ0n) is 16.4. The Labute approximate surface area is 166 Å². The molecule has 0 radical (unpaired) electrons. The molecule has 4 aliphatic heterocycles. The fourth-order valence-electron chi connectivity index (χ4n) is 5.66. The Morgan fingerprint density at radius 1 is 1.14 bits per heavy atom. The number of nitrogens with zero attached hydrogens (tertiary/aromatic N) is 3. The molecule has 0 spiro atoms. The van der Waals surface area contributed by atoms with Gasteiger partial charge in [0.25, 0.3) is 5.91 Å². The number of fused-ring (bicyclic) bond motifs is 2. The van der Waals surface area contributed by atoms with Crippen LogP contribution >= 0.6 is 0 Å². The molecule has 5 heteroatoms. The molecule has 0 saturated carbocycles. The smallest absolute Gasteiger partial charge is 0.251 e. The number of hydrogen-bond acceptors (Lipinski definition) is 4. The fraction of sp³-hybridized carbons (Fsp3) is 0.478. The molecule has 0 unspecified atom stereocenters. The van der Waals surface area contributed by atoms with Crippen LogP contribution in [0, 0.1) is 5.92 Å². The van der Waals surface area contributed by atoms with E-state index >= 15 is 0 Å². The van der Waals surface area contributed by atoms with Gasteiger partial charge in [0, 0.05) is 42.9 Å². The molecule has 2 aromatic rings. The van der Waals surface area contributed by atoms with E-state index in [0.29, 0.717) is 30.1 Å². The van der Waals surface area contributed by atoms with Crippen LogP contribution in [0.2, 0.25) is 0 Å². The van der Waals surface area contributed by atoms with Gasteiger partial charge in [-0.15, -0.1) is 0 Å². The molecule has 2 bridgehead atoms. The summed E-state index contributed by atoms with van der Waals surface area (Å²) in [6, 6.07) is 15.8. The monoisotopic (exact) mass is 376 g/mol. The zero-order chi connectivity index (χ0) is 19.1. The molecule has 1 aromatic heterocycles. The maximum absolute atomic E-state index is 12.3. The van der Waals surface area contributed by atoms with Gasteiger partial charge in [-0.25, -0.2) is 4.98 Å². The van der Waals surface area contributed by atoms with Crippen molar-refractivity contribution in [1.29, 1.82) is 0 Å². The van der Waals surface area contributed by atoms with E-state index in [1.54, 1.807) is 6.20 Å². The van der Waals surface area contributed by atoms with E-state index in [9.17, 15) is 4.79 Å². The first-order chi connectivity index (χ1) is 13.8. The molecule has 5 nitrogen and oxygen atoms in total. The van der Waals surface area contributed by atoms with Crippen molar-refractivity contribution >= 4 is 11.7 Å². The average Bonchev–Trinajstić information content (AvgIpc) is 3.18. The van der Waals surface area contributed by atoms with Crippen LogP contribution in [-0.2, 0) is 0 Å². The van der Waals surface area contributed by atoms with E-state index in [1.807, 2.05) is 19.1 Å². The summed E-state index contributed by atoms with van der Waals surface area (Å²) in [6.45, 7) is 5.99. The molecule has 28 heavy (non-hydrogen) atoms. The first kappa shape index (κ1) is 17.7. The van der Waals surface area contributed by atoms with E-state index in [-0.39, 0.29) is 5.91 Å². The summed E-state index contributed by atoms with van der Waals surface area (Å²) >= 11 is 0. The minimum Gasteiger partial charge on any atom is -0.352 e. The predicted octanol–water partition coefficient (Wildman–Crippen LogP) is 2.90. The second kappa shape index (κ2) is 7.21. The van der Waals surface area contributed by atoms with Crippen LogP contribution in [0.4, 0.5) is 5.82 Å². The maximum atomic E-state index is 12.3. The Hall–Kier alpha value is -2.40. The van der Waals surface area contributed by atoms with Crippen molar-refractivity contribution in [3.05, 3.63) is 59.8 Å². The molecular formula is C23H28N4O. The number of rotatable bonds is 4. The Kier molecular flexibility index (Phi) is 4.55. The maximum Gasteiger partial charge on any atom is 0.251 e. The summed E-state index contributed by atoms with van der Waals surface area (Å²) < 4.78 is 0. The number of nitrogens with one attached hydrogen (secondary N) is 1. The normalized spacial score (nSPS) is 30.9. The topological polar surface area (TPSA) is 48.5 Å². The lowest BCUT2D eigenvalue weighted by atomic mass is 9.75. The van der Waals surface area contributed by atoms with Crippen LogP contribution in [-0.4, -0.2) is 54.1 Å². The molecule has 146 valence electrons. The number of carbonyl (C=O) groups excluding carboxylic acids is 1. The Bertz CT molecular complexity index is 847. The Morgan fingerprint density at radius 2 is 1.93 bits per heavy atom. The quantitative estimate of drug-likeness (QED) is 0.891. The van der Waals surface area contributed by atoms with Crippen molar-refractivity contribution < 1.29 is 4.79 Å². The summed E-state index contributed by atoms with van der Waals surface area (Å²) in [5.41, 5.74) is 2.13. The van der Waals surface area contributed by atoms with Gasteiger partial charge in [-0.05, 0) is 56.5 Å². The highest BCUT2D eigenvalue weighted by atomic mass is 16.1. The minimum atomic E-state index is -0.0181. The molecule has 6 rings (SSSR count). The van der Waals surface area contributed by atoms with Gasteiger partial charge in [0.1, 0.15) is 5.82 Å². The van der Waals surface area contributed by atoms with Crippen LogP contribution < -0.4 is 10.2 Å². The van der Waals surface area contributed by atoms with Crippen molar-refractivity contribution in [1.82, 2.24) is 15.2 Å². The number of carbonyl (C=O) groups is 1. The van der Waals surface area contributed by atoms with Gasteiger partial charge >= 0.3 is 0 Å². The van der Waals surface area contributed by atoms with Gasteiger partial charge in [0.15, 0.2) is 0 Å². The van der Waals surface area contributed by atoms with Gasteiger partial charge in [-0.2, -0.15) is 0 Å². The van der Waals surface area contributed by atoms with Crippen molar-refractivity contribution in [3.8, 4) is 0 Å². The third kappa shape index (κ3) is 2.89. The molecule has 4 aliphatic rings. The molecule has 1 amide bonds. The SMILES string of the molecule is CCNC(=O)c1ccnc(N2C[C@@H](c3ccccc3)[C@@H]3[C@H]2C2CCN3CC2)c1. The molecule has 0 aliphatic carbocycles. The van der Waals surface area contributed by atoms with Crippen LogP contribution in [0.25, 0.3) is 0 Å². The lowest BCUT2D eigenvalue weighted by molar-refractivity contribution is 0.0354. The summed E-state index contributed by atoms with van der Waals surface area (Å²) in [7, 11) is 0. The fourth-order valence-corrected chi connectivity index (χ4v) is 5.66. The van der Waals surface area contributed by atoms with Gasteiger partial charge in [0.2, 0.25) is 0 Å². The van der Waals surface area contributed by atoms with Gasteiger partial charge in [-0.1, -0.05) is 30.3 Å². The van der Waals surface area contributed by atoms with E-state index in [2.05, 4.69) is 45.4 Å².